The molecule has 0 aliphatic rings. The van der Waals surface area contributed by atoms with E-state index in [0.29, 0.717) is 11.3 Å². The fraction of sp³-hybridized carbons (Fsp3) is 0.0833. The number of anilines is 1. The second kappa shape index (κ2) is 5.43. The molecule has 0 aliphatic heterocycles. The molecule has 7 nitrogen and oxygen atoms in total. The summed E-state index contributed by atoms with van der Waals surface area (Å²) in [4.78, 5) is 15.4. The first-order chi connectivity index (χ1) is 9.22. The molecule has 1 N–H and O–H groups in total. The number of hydrogen-bond acceptors (Lipinski definition) is 5. The van der Waals surface area contributed by atoms with E-state index in [2.05, 4.69) is 15.4 Å². The minimum atomic E-state index is -0.350. The van der Waals surface area contributed by atoms with E-state index in [9.17, 15) is 4.79 Å². The number of aromatic nitrogens is 3. The summed E-state index contributed by atoms with van der Waals surface area (Å²) < 4.78 is 1.25. The zero-order chi connectivity index (χ0) is 13.7. The Bertz CT molecular complexity index is 691. The number of carbonyl (C=O) groups excluding carboxylic acids is 1. The molecule has 92 valence electrons. The molecule has 1 amide bonds. The summed E-state index contributed by atoms with van der Waals surface area (Å²) >= 11 is 0. The molecule has 0 aliphatic carbocycles. The third kappa shape index (κ3) is 2.93. The van der Waals surface area contributed by atoms with Gasteiger partial charge in [-0.15, -0.1) is 5.10 Å². The third-order valence-electron chi connectivity index (χ3n) is 2.26. The Morgan fingerprint density at radius 3 is 2.79 bits per heavy atom. The molecule has 2 rings (SSSR count). The van der Waals surface area contributed by atoms with Gasteiger partial charge >= 0.3 is 0 Å². The van der Waals surface area contributed by atoms with Crippen LogP contribution in [0.3, 0.4) is 0 Å². The van der Waals surface area contributed by atoms with E-state index in [1.54, 1.807) is 30.3 Å². The third-order valence-corrected chi connectivity index (χ3v) is 2.26. The fourth-order valence-electron chi connectivity index (χ4n) is 1.45. The number of rotatable bonds is 3. The highest BCUT2D eigenvalue weighted by atomic mass is 16.2. The Labute approximate surface area is 108 Å². The molecule has 0 bridgehead atoms. The van der Waals surface area contributed by atoms with Crippen LogP contribution in [0.2, 0.25) is 0 Å². The van der Waals surface area contributed by atoms with Gasteiger partial charge < -0.3 is 5.32 Å². The number of carbonyl (C=O) groups is 1. The first kappa shape index (κ1) is 12.3. The molecule has 0 spiro atoms. The monoisotopic (exact) mass is 252 g/mol. The van der Waals surface area contributed by atoms with Crippen LogP contribution in [-0.4, -0.2) is 20.7 Å². The van der Waals surface area contributed by atoms with Crippen molar-refractivity contribution in [2.45, 2.75) is 6.54 Å². The van der Waals surface area contributed by atoms with E-state index >= 15 is 0 Å². The lowest BCUT2D eigenvalue weighted by atomic mass is 10.2. The Morgan fingerprint density at radius 1 is 1.32 bits per heavy atom. The summed E-state index contributed by atoms with van der Waals surface area (Å²) in [5.74, 6) is -0.345. The highest BCUT2D eigenvalue weighted by molar-refractivity contribution is 5.91. The van der Waals surface area contributed by atoms with Gasteiger partial charge in [0.2, 0.25) is 5.91 Å². The second-order valence-electron chi connectivity index (χ2n) is 3.58. The van der Waals surface area contributed by atoms with Crippen LogP contribution < -0.4 is 5.32 Å². The van der Waals surface area contributed by atoms with Crippen LogP contribution in [0.25, 0.3) is 0 Å². The van der Waals surface area contributed by atoms with E-state index in [1.165, 1.54) is 11.0 Å². The Morgan fingerprint density at radius 2 is 2.11 bits per heavy atom. The van der Waals surface area contributed by atoms with E-state index in [4.69, 9.17) is 10.5 Å². The van der Waals surface area contributed by atoms with Gasteiger partial charge in [-0.25, -0.2) is 9.67 Å². The van der Waals surface area contributed by atoms with E-state index < -0.39 is 0 Å². The van der Waals surface area contributed by atoms with E-state index in [0.717, 1.165) is 0 Å². The SMILES string of the molecule is N#Cc1ncn(CC(=O)Nc2ccccc2C#N)n1. The smallest absolute Gasteiger partial charge is 0.252 e. The summed E-state index contributed by atoms with van der Waals surface area (Å²) in [6, 6.07) is 10.4. The number of nitrogens with zero attached hydrogens (tertiary/aromatic N) is 5. The lowest BCUT2D eigenvalue weighted by molar-refractivity contribution is -0.116. The van der Waals surface area contributed by atoms with Crippen molar-refractivity contribution in [3.8, 4) is 12.1 Å². The van der Waals surface area contributed by atoms with Crippen molar-refractivity contribution in [1.29, 1.82) is 10.5 Å². The number of benzene rings is 1. The quantitative estimate of drug-likeness (QED) is 0.863. The Hall–Kier alpha value is -3.19. The molecule has 1 heterocycles. The van der Waals surface area contributed by atoms with Gasteiger partial charge in [-0.05, 0) is 12.1 Å². The summed E-state index contributed by atoms with van der Waals surface area (Å²) in [5.41, 5.74) is 0.822. The molecule has 0 atom stereocenters. The molecule has 0 saturated heterocycles. The van der Waals surface area contributed by atoms with Crippen molar-refractivity contribution < 1.29 is 4.79 Å². The van der Waals surface area contributed by atoms with E-state index in [-0.39, 0.29) is 18.3 Å². The molecular formula is C12H8N6O. The first-order valence-corrected chi connectivity index (χ1v) is 5.31. The fourth-order valence-corrected chi connectivity index (χ4v) is 1.45. The van der Waals surface area contributed by atoms with Crippen LogP contribution in [0.1, 0.15) is 11.4 Å². The van der Waals surface area contributed by atoms with Crippen LogP contribution in [0.15, 0.2) is 30.6 Å². The Balaban J connectivity index is 2.06. The first-order valence-electron chi connectivity index (χ1n) is 5.31. The molecule has 0 fully saturated rings. The normalized spacial score (nSPS) is 9.37. The second-order valence-corrected chi connectivity index (χ2v) is 3.58. The molecule has 0 saturated carbocycles. The largest absolute Gasteiger partial charge is 0.323 e. The van der Waals surface area contributed by atoms with Gasteiger partial charge in [-0.1, -0.05) is 12.1 Å². The zero-order valence-corrected chi connectivity index (χ0v) is 9.74. The molecule has 0 unspecified atom stereocenters. The van der Waals surface area contributed by atoms with Crippen LogP contribution in [0.5, 0.6) is 0 Å². The number of nitriles is 2. The number of amides is 1. The summed E-state index contributed by atoms with van der Waals surface area (Å²) in [7, 11) is 0. The van der Waals surface area contributed by atoms with Crippen molar-refractivity contribution in [3.05, 3.63) is 42.0 Å². The van der Waals surface area contributed by atoms with Gasteiger partial charge in [0.1, 0.15) is 25.0 Å². The van der Waals surface area contributed by atoms with Crippen molar-refractivity contribution in [3.63, 3.8) is 0 Å². The number of nitrogens with one attached hydrogen (secondary N) is 1. The number of para-hydroxylation sites is 1. The molecule has 0 radical (unpaired) electrons. The molecule has 19 heavy (non-hydrogen) atoms. The molecule has 7 heteroatoms. The highest BCUT2D eigenvalue weighted by Gasteiger charge is 2.08. The van der Waals surface area contributed by atoms with Crippen LogP contribution in [0.4, 0.5) is 5.69 Å². The van der Waals surface area contributed by atoms with Crippen LogP contribution in [0, 0.1) is 22.7 Å². The van der Waals surface area contributed by atoms with Gasteiger partial charge in [-0.3, -0.25) is 4.79 Å². The number of hydrogen-bond donors (Lipinski definition) is 1. The molecule has 1 aromatic carbocycles. The van der Waals surface area contributed by atoms with Crippen LogP contribution in [-0.2, 0) is 11.3 Å². The van der Waals surface area contributed by atoms with Crippen molar-refractivity contribution in [2.75, 3.05) is 5.32 Å². The van der Waals surface area contributed by atoms with Gasteiger partial charge in [0.05, 0.1) is 11.3 Å². The van der Waals surface area contributed by atoms with Gasteiger partial charge in [0.25, 0.3) is 5.82 Å². The zero-order valence-electron chi connectivity index (χ0n) is 9.74. The van der Waals surface area contributed by atoms with Crippen molar-refractivity contribution >= 4 is 11.6 Å². The maximum Gasteiger partial charge on any atom is 0.252 e. The lowest BCUT2D eigenvalue weighted by Gasteiger charge is -2.06. The highest BCUT2D eigenvalue weighted by Crippen LogP contribution is 2.13. The van der Waals surface area contributed by atoms with Gasteiger partial charge in [0, 0.05) is 0 Å². The maximum atomic E-state index is 11.8. The lowest BCUT2D eigenvalue weighted by Crippen LogP contribution is -2.19. The van der Waals surface area contributed by atoms with Crippen molar-refractivity contribution in [2.24, 2.45) is 0 Å². The Kier molecular flexibility index (Phi) is 3.51. The average molecular weight is 252 g/mol. The van der Waals surface area contributed by atoms with Gasteiger partial charge in [0.15, 0.2) is 0 Å². The van der Waals surface area contributed by atoms with Crippen molar-refractivity contribution in [1.82, 2.24) is 14.8 Å². The minimum absolute atomic E-state index is 0.00484. The maximum absolute atomic E-state index is 11.8. The minimum Gasteiger partial charge on any atom is -0.323 e. The summed E-state index contributed by atoms with van der Waals surface area (Å²) in [5, 5.41) is 23.8. The standard InChI is InChI=1S/C12H8N6O/c13-5-9-3-1-2-4-10(9)16-12(19)7-18-8-15-11(6-14)17-18/h1-4,8H,7H2,(H,16,19). The summed E-state index contributed by atoms with van der Waals surface area (Å²) in [6.07, 6.45) is 1.30. The van der Waals surface area contributed by atoms with E-state index in [1.807, 2.05) is 6.07 Å². The molecular weight excluding hydrogens is 244 g/mol. The summed E-state index contributed by atoms with van der Waals surface area (Å²) in [6.45, 7) is -0.0750. The predicted octanol–water partition coefficient (Wildman–Crippen LogP) is 0.660. The van der Waals surface area contributed by atoms with Gasteiger partial charge in [-0.2, -0.15) is 10.5 Å². The average Bonchev–Trinajstić information content (AvgIpc) is 2.87. The van der Waals surface area contributed by atoms with Crippen LogP contribution >= 0.6 is 0 Å². The topological polar surface area (TPSA) is 107 Å². The predicted molar refractivity (Wildman–Crippen MR) is 64.5 cm³/mol. The molecule has 2 aromatic rings. The molecule has 1 aromatic heterocycles.